The van der Waals surface area contributed by atoms with Crippen LogP contribution in [0.1, 0.15) is 24.2 Å². The number of rotatable bonds is 7. The highest BCUT2D eigenvalue weighted by molar-refractivity contribution is 5.79. The molecule has 0 spiro atoms. The number of hydrogen-bond donors (Lipinski definition) is 2. The highest BCUT2D eigenvalue weighted by atomic mass is 19.1. The summed E-state index contributed by atoms with van der Waals surface area (Å²) in [6.07, 6.45) is -0.735. The molecule has 5 nitrogen and oxygen atoms in total. The molecule has 26 heavy (non-hydrogen) atoms. The zero-order chi connectivity index (χ0) is 18.9. The van der Waals surface area contributed by atoms with Gasteiger partial charge in [-0.15, -0.1) is 0 Å². The molecule has 0 bridgehead atoms. The highest BCUT2D eigenvalue weighted by Crippen LogP contribution is 2.19. The minimum absolute atomic E-state index is 0.211. The zero-order valence-corrected chi connectivity index (χ0v) is 15.4. The van der Waals surface area contributed by atoms with Crippen LogP contribution in [-0.4, -0.2) is 43.2 Å². The fourth-order valence-electron chi connectivity index (χ4n) is 2.58. The molecule has 140 valence electrons. The average molecular weight is 359 g/mol. The first-order chi connectivity index (χ1) is 12.5. The second-order valence-corrected chi connectivity index (χ2v) is 5.97. The van der Waals surface area contributed by atoms with E-state index in [0.29, 0.717) is 24.8 Å². The number of aliphatic imine (C=N–C) groups is 1. The lowest BCUT2D eigenvalue weighted by Crippen LogP contribution is -2.38. The number of nitrogens with one attached hydrogen (secondary N) is 1. The molecule has 0 heterocycles. The van der Waals surface area contributed by atoms with Gasteiger partial charge in [0.05, 0.1) is 19.8 Å². The lowest BCUT2D eigenvalue weighted by Gasteiger charge is -2.22. The van der Waals surface area contributed by atoms with Crippen LogP contribution in [0.2, 0.25) is 0 Å². The van der Waals surface area contributed by atoms with Gasteiger partial charge < -0.3 is 20.1 Å². The number of benzene rings is 2. The minimum atomic E-state index is -0.735. The van der Waals surface area contributed by atoms with Gasteiger partial charge in [-0.2, -0.15) is 0 Å². The zero-order valence-electron chi connectivity index (χ0n) is 15.4. The van der Waals surface area contributed by atoms with Crippen LogP contribution in [-0.2, 0) is 6.54 Å². The van der Waals surface area contributed by atoms with Gasteiger partial charge in [0.2, 0.25) is 0 Å². The number of aliphatic hydroxyl groups excluding tert-OH is 1. The maximum absolute atomic E-state index is 13.4. The molecule has 2 rings (SSSR count). The molecule has 0 aliphatic rings. The van der Waals surface area contributed by atoms with Gasteiger partial charge in [0, 0.05) is 20.1 Å². The average Bonchev–Trinajstić information content (AvgIpc) is 2.64. The van der Waals surface area contributed by atoms with Gasteiger partial charge in [-0.3, -0.25) is 4.99 Å². The van der Waals surface area contributed by atoms with E-state index in [-0.39, 0.29) is 12.4 Å². The Morgan fingerprint density at radius 1 is 1.27 bits per heavy atom. The summed E-state index contributed by atoms with van der Waals surface area (Å²) in [6, 6.07) is 13.8. The summed E-state index contributed by atoms with van der Waals surface area (Å²) >= 11 is 0. The molecule has 2 N–H and O–H groups in total. The van der Waals surface area contributed by atoms with Crippen LogP contribution in [0.3, 0.4) is 0 Å². The molecule has 6 heteroatoms. The first-order valence-corrected chi connectivity index (χ1v) is 8.59. The van der Waals surface area contributed by atoms with Crippen LogP contribution in [0.5, 0.6) is 5.75 Å². The second-order valence-electron chi connectivity index (χ2n) is 5.97. The first-order valence-electron chi connectivity index (χ1n) is 8.59. The van der Waals surface area contributed by atoms with E-state index >= 15 is 0 Å². The molecule has 0 aromatic heterocycles. The van der Waals surface area contributed by atoms with Crippen LogP contribution in [0.25, 0.3) is 0 Å². The first kappa shape index (κ1) is 19.7. The summed E-state index contributed by atoms with van der Waals surface area (Å²) < 4.78 is 18.5. The van der Waals surface area contributed by atoms with E-state index in [2.05, 4.69) is 10.3 Å². The molecule has 0 aliphatic heterocycles. The molecule has 1 atom stereocenters. The summed E-state index contributed by atoms with van der Waals surface area (Å²) in [4.78, 5) is 6.41. The van der Waals surface area contributed by atoms with E-state index in [1.54, 1.807) is 19.2 Å². The topological polar surface area (TPSA) is 57.1 Å². The predicted molar refractivity (Wildman–Crippen MR) is 102 cm³/mol. The Balaban J connectivity index is 2.06. The van der Waals surface area contributed by atoms with Gasteiger partial charge in [-0.1, -0.05) is 24.3 Å². The van der Waals surface area contributed by atoms with E-state index in [0.717, 1.165) is 11.1 Å². The Hall–Kier alpha value is -2.60. The summed E-state index contributed by atoms with van der Waals surface area (Å²) in [7, 11) is 3.47. The third kappa shape index (κ3) is 5.74. The summed E-state index contributed by atoms with van der Waals surface area (Å²) in [5.41, 5.74) is 1.60. The Morgan fingerprint density at radius 3 is 2.73 bits per heavy atom. The molecule has 0 saturated carbocycles. The van der Waals surface area contributed by atoms with Crippen molar-refractivity contribution >= 4 is 5.96 Å². The fraction of sp³-hybridized carbons (Fsp3) is 0.350. The van der Waals surface area contributed by atoms with Gasteiger partial charge in [0.1, 0.15) is 11.6 Å². The third-order valence-electron chi connectivity index (χ3n) is 3.90. The Kier molecular flexibility index (Phi) is 7.41. The predicted octanol–water partition coefficient (Wildman–Crippen LogP) is 2.97. The van der Waals surface area contributed by atoms with Gasteiger partial charge in [-0.05, 0) is 42.3 Å². The Morgan fingerprint density at radius 2 is 2.04 bits per heavy atom. The molecule has 0 aliphatic carbocycles. The van der Waals surface area contributed by atoms with Crippen molar-refractivity contribution in [3.05, 3.63) is 65.5 Å². The number of hydrogen-bond acceptors (Lipinski definition) is 3. The quantitative estimate of drug-likeness (QED) is 0.589. The minimum Gasteiger partial charge on any atom is -0.497 e. The van der Waals surface area contributed by atoms with Crippen molar-refractivity contribution in [2.75, 3.05) is 27.2 Å². The van der Waals surface area contributed by atoms with Gasteiger partial charge in [-0.25, -0.2) is 4.39 Å². The molecular weight excluding hydrogens is 333 g/mol. The molecule has 1 unspecified atom stereocenters. The largest absolute Gasteiger partial charge is 0.497 e. The van der Waals surface area contributed by atoms with Crippen LogP contribution in [0, 0.1) is 5.82 Å². The summed E-state index contributed by atoms with van der Waals surface area (Å²) in [6.45, 7) is 3.40. The lowest BCUT2D eigenvalue weighted by molar-refractivity contribution is 0.186. The van der Waals surface area contributed by atoms with Crippen LogP contribution in [0.15, 0.2) is 53.5 Å². The van der Waals surface area contributed by atoms with Crippen molar-refractivity contribution in [2.45, 2.75) is 19.6 Å². The number of aliphatic hydroxyl groups is 1. The highest BCUT2D eigenvalue weighted by Gasteiger charge is 2.11. The van der Waals surface area contributed by atoms with Crippen molar-refractivity contribution in [3.63, 3.8) is 0 Å². The van der Waals surface area contributed by atoms with Crippen LogP contribution < -0.4 is 10.1 Å². The molecule has 0 radical (unpaired) electrons. The third-order valence-corrected chi connectivity index (χ3v) is 3.90. The smallest absolute Gasteiger partial charge is 0.194 e. The number of halogens is 1. The van der Waals surface area contributed by atoms with Crippen molar-refractivity contribution in [1.29, 1.82) is 0 Å². The number of nitrogens with zero attached hydrogens (tertiary/aromatic N) is 2. The lowest BCUT2D eigenvalue weighted by atomic mass is 10.1. The van der Waals surface area contributed by atoms with E-state index < -0.39 is 6.10 Å². The van der Waals surface area contributed by atoms with E-state index in [9.17, 15) is 9.50 Å². The molecule has 2 aromatic carbocycles. The van der Waals surface area contributed by atoms with Crippen LogP contribution in [0.4, 0.5) is 4.39 Å². The van der Waals surface area contributed by atoms with Gasteiger partial charge >= 0.3 is 0 Å². The summed E-state index contributed by atoms with van der Waals surface area (Å²) in [5, 5.41) is 13.6. The standard InChI is InChI=1S/C20H26FN3O2/c1-4-22-20(24(2)14-15-7-5-9-17(21)11-15)23-13-19(25)16-8-6-10-18(12-16)26-3/h5-12,19,25H,4,13-14H2,1-3H3,(H,22,23). The maximum atomic E-state index is 13.4. The van der Waals surface area contributed by atoms with Crippen molar-refractivity contribution in [1.82, 2.24) is 10.2 Å². The second kappa shape index (κ2) is 9.77. The van der Waals surface area contributed by atoms with Crippen LogP contribution >= 0.6 is 0 Å². The van der Waals surface area contributed by atoms with Gasteiger partial charge in [0.25, 0.3) is 0 Å². The maximum Gasteiger partial charge on any atom is 0.194 e. The molecule has 0 amide bonds. The molecule has 0 fully saturated rings. The Bertz CT molecular complexity index is 737. The monoisotopic (exact) mass is 359 g/mol. The van der Waals surface area contributed by atoms with Crippen molar-refractivity contribution in [2.24, 2.45) is 4.99 Å². The van der Waals surface area contributed by atoms with Gasteiger partial charge in [0.15, 0.2) is 5.96 Å². The number of methoxy groups -OCH3 is 1. The summed E-state index contributed by atoms with van der Waals surface area (Å²) in [5.74, 6) is 1.09. The molecule has 2 aromatic rings. The van der Waals surface area contributed by atoms with Crippen molar-refractivity contribution < 1.29 is 14.2 Å². The normalized spacial score (nSPS) is 12.6. The van der Waals surface area contributed by atoms with E-state index in [4.69, 9.17) is 4.74 Å². The number of guanidine groups is 1. The SMILES string of the molecule is CCNC(=NCC(O)c1cccc(OC)c1)N(C)Cc1cccc(F)c1. The fourth-order valence-corrected chi connectivity index (χ4v) is 2.58. The number of ether oxygens (including phenoxy) is 1. The van der Waals surface area contributed by atoms with Crippen molar-refractivity contribution in [3.8, 4) is 5.75 Å². The van der Waals surface area contributed by atoms with E-state index in [1.165, 1.54) is 12.1 Å². The molecular formula is C20H26FN3O2. The van der Waals surface area contributed by atoms with E-state index in [1.807, 2.05) is 43.1 Å². The Labute approximate surface area is 154 Å². The molecule has 0 saturated heterocycles.